The lowest BCUT2D eigenvalue weighted by Crippen LogP contribution is -2.40. The number of hydrogen-bond acceptors (Lipinski definition) is 3. The number of nitrogens with zero attached hydrogens (tertiary/aromatic N) is 1. The number of ether oxygens (including phenoxy) is 1. The van der Waals surface area contributed by atoms with Gasteiger partial charge in [0.25, 0.3) is 5.91 Å². The average Bonchev–Trinajstić information content (AvgIpc) is 2.48. The van der Waals surface area contributed by atoms with E-state index in [0.29, 0.717) is 25.3 Å². The molecule has 0 aliphatic heterocycles. The van der Waals surface area contributed by atoms with Gasteiger partial charge in [-0.05, 0) is 33.3 Å². The first-order chi connectivity index (χ1) is 9.54. The van der Waals surface area contributed by atoms with Gasteiger partial charge in [-0.25, -0.2) is 0 Å². The second kappa shape index (κ2) is 7.90. The van der Waals surface area contributed by atoms with E-state index in [1.165, 1.54) is 0 Å². The Morgan fingerprint density at radius 2 is 1.85 bits per heavy atom. The molecule has 20 heavy (non-hydrogen) atoms. The average molecular weight is 279 g/mol. The fourth-order valence-electron chi connectivity index (χ4n) is 2.12. The van der Waals surface area contributed by atoms with Gasteiger partial charge in [-0.15, -0.1) is 0 Å². The Kier molecular flexibility index (Phi) is 6.52. The van der Waals surface area contributed by atoms with Crippen LogP contribution in [0.5, 0.6) is 5.75 Å². The van der Waals surface area contributed by atoms with Crippen molar-refractivity contribution in [2.75, 3.05) is 13.1 Å². The van der Waals surface area contributed by atoms with Crippen molar-refractivity contribution in [2.24, 2.45) is 0 Å². The molecule has 0 saturated carbocycles. The van der Waals surface area contributed by atoms with Gasteiger partial charge in [-0.1, -0.05) is 25.1 Å². The third kappa shape index (κ3) is 3.97. The summed E-state index contributed by atoms with van der Waals surface area (Å²) in [5.41, 5.74) is 0.731. The Labute approximate surface area is 121 Å². The number of benzene rings is 1. The van der Waals surface area contributed by atoms with Crippen molar-refractivity contribution in [2.45, 2.75) is 46.3 Å². The van der Waals surface area contributed by atoms with E-state index in [1.807, 2.05) is 39.0 Å². The van der Waals surface area contributed by atoms with Gasteiger partial charge in [0.1, 0.15) is 5.75 Å². The molecule has 2 unspecified atom stereocenters. The molecule has 2 atom stereocenters. The maximum Gasteiger partial charge on any atom is 0.263 e. The summed E-state index contributed by atoms with van der Waals surface area (Å²) in [5.74, 6) is 0.547. The lowest BCUT2D eigenvalue weighted by Gasteiger charge is -2.24. The quantitative estimate of drug-likeness (QED) is 0.835. The molecule has 4 nitrogen and oxygen atoms in total. The molecule has 4 heteroatoms. The predicted molar refractivity (Wildman–Crippen MR) is 79.7 cm³/mol. The summed E-state index contributed by atoms with van der Waals surface area (Å²) in [7, 11) is 0. The summed E-state index contributed by atoms with van der Waals surface area (Å²) in [4.78, 5) is 13.9. The van der Waals surface area contributed by atoms with E-state index >= 15 is 0 Å². The number of rotatable bonds is 7. The third-order valence-corrected chi connectivity index (χ3v) is 3.39. The maximum atomic E-state index is 12.2. The minimum atomic E-state index is -0.568. The van der Waals surface area contributed by atoms with E-state index in [-0.39, 0.29) is 5.91 Å². The third-order valence-electron chi connectivity index (χ3n) is 3.39. The summed E-state index contributed by atoms with van der Waals surface area (Å²) in [6, 6.07) is 7.33. The van der Waals surface area contributed by atoms with E-state index in [9.17, 15) is 9.90 Å². The van der Waals surface area contributed by atoms with Gasteiger partial charge in [0.05, 0.1) is 6.10 Å². The van der Waals surface area contributed by atoms with Crippen molar-refractivity contribution in [3.05, 3.63) is 29.8 Å². The standard InChI is InChI=1S/C16H25NO3/c1-5-14(18)13-10-8-9-11-15(13)20-12(4)16(19)17(6-2)7-3/h8-12,14,18H,5-7H2,1-4H3. The molecule has 0 bridgehead atoms. The van der Waals surface area contributed by atoms with Crippen LogP contribution in [0, 0.1) is 0 Å². The first-order valence-corrected chi connectivity index (χ1v) is 7.27. The molecule has 0 spiro atoms. The van der Waals surface area contributed by atoms with Crippen molar-refractivity contribution in [3.8, 4) is 5.75 Å². The molecule has 1 aromatic carbocycles. The van der Waals surface area contributed by atoms with Crippen LogP contribution in [0.3, 0.4) is 0 Å². The zero-order chi connectivity index (χ0) is 15.1. The van der Waals surface area contributed by atoms with E-state index < -0.39 is 12.2 Å². The van der Waals surface area contributed by atoms with Crippen LogP contribution < -0.4 is 4.74 Å². The van der Waals surface area contributed by atoms with E-state index in [2.05, 4.69) is 0 Å². The van der Waals surface area contributed by atoms with Gasteiger partial charge in [0, 0.05) is 18.7 Å². The minimum Gasteiger partial charge on any atom is -0.481 e. The van der Waals surface area contributed by atoms with E-state index in [0.717, 1.165) is 5.56 Å². The second-order valence-electron chi connectivity index (χ2n) is 4.73. The Morgan fingerprint density at radius 1 is 1.25 bits per heavy atom. The molecule has 1 N–H and O–H groups in total. The molecular formula is C16H25NO3. The summed E-state index contributed by atoms with van der Waals surface area (Å²) < 4.78 is 5.76. The number of aliphatic hydroxyl groups is 1. The van der Waals surface area contributed by atoms with E-state index in [4.69, 9.17) is 4.74 Å². The largest absolute Gasteiger partial charge is 0.481 e. The zero-order valence-electron chi connectivity index (χ0n) is 12.8. The fraction of sp³-hybridized carbons (Fsp3) is 0.562. The highest BCUT2D eigenvalue weighted by atomic mass is 16.5. The van der Waals surface area contributed by atoms with E-state index in [1.54, 1.807) is 17.9 Å². The number of carbonyl (C=O) groups excluding carboxylic acids is 1. The SMILES string of the molecule is CCC(O)c1ccccc1OC(C)C(=O)N(CC)CC. The monoisotopic (exact) mass is 279 g/mol. The molecule has 112 valence electrons. The lowest BCUT2D eigenvalue weighted by atomic mass is 10.1. The Morgan fingerprint density at radius 3 is 2.40 bits per heavy atom. The molecule has 0 aliphatic rings. The number of para-hydroxylation sites is 1. The van der Waals surface area contributed by atoms with Gasteiger partial charge in [0.15, 0.2) is 6.10 Å². The van der Waals surface area contributed by atoms with Crippen molar-refractivity contribution in [3.63, 3.8) is 0 Å². The maximum absolute atomic E-state index is 12.2. The smallest absolute Gasteiger partial charge is 0.263 e. The highest BCUT2D eigenvalue weighted by Gasteiger charge is 2.21. The summed E-state index contributed by atoms with van der Waals surface area (Å²) in [5, 5.41) is 9.99. The molecular weight excluding hydrogens is 254 g/mol. The van der Waals surface area contributed by atoms with Gasteiger partial charge >= 0.3 is 0 Å². The first-order valence-electron chi connectivity index (χ1n) is 7.27. The molecule has 0 radical (unpaired) electrons. The van der Waals surface area contributed by atoms with Crippen molar-refractivity contribution < 1.29 is 14.6 Å². The Hall–Kier alpha value is -1.55. The summed E-state index contributed by atoms with van der Waals surface area (Å²) in [6.45, 7) is 8.89. The number of carbonyl (C=O) groups is 1. The lowest BCUT2D eigenvalue weighted by molar-refractivity contribution is -0.137. The van der Waals surface area contributed by atoms with Crippen LogP contribution in [0.4, 0.5) is 0 Å². The van der Waals surface area contributed by atoms with Gasteiger partial charge in [-0.2, -0.15) is 0 Å². The van der Waals surface area contributed by atoms with Crippen LogP contribution in [0.1, 0.15) is 45.8 Å². The minimum absolute atomic E-state index is 0.0317. The number of aliphatic hydroxyl groups excluding tert-OH is 1. The molecule has 1 amide bonds. The Balaban J connectivity index is 2.85. The first kappa shape index (κ1) is 16.5. The molecule has 0 heterocycles. The molecule has 0 saturated heterocycles. The molecule has 0 fully saturated rings. The molecule has 0 aromatic heterocycles. The van der Waals surface area contributed by atoms with Crippen molar-refractivity contribution >= 4 is 5.91 Å². The van der Waals surface area contributed by atoms with Crippen LogP contribution in [0.15, 0.2) is 24.3 Å². The highest BCUT2D eigenvalue weighted by molar-refractivity contribution is 5.80. The van der Waals surface area contributed by atoms with Crippen LogP contribution in [0.25, 0.3) is 0 Å². The van der Waals surface area contributed by atoms with Crippen LogP contribution in [-0.2, 0) is 4.79 Å². The van der Waals surface area contributed by atoms with Gasteiger partial charge in [-0.3, -0.25) is 4.79 Å². The van der Waals surface area contributed by atoms with Crippen molar-refractivity contribution in [1.82, 2.24) is 4.90 Å². The second-order valence-corrected chi connectivity index (χ2v) is 4.73. The number of hydrogen-bond donors (Lipinski definition) is 1. The zero-order valence-corrected chi connectivity index (χ0v) is 12.8. The molecule has 1 aromatic rings. The fourth-order valence-corrected chi connectivity index (χ4v) is 2.12. The topological polar surface area (TPSA) is 49.8 Å². The molecule has 0 aliphatic carbocycles. The summed E-state index contributed by atoms with van der Waals surface area (Å²) in [6.07, 6.45) is -0.513. The van der Waals surface area contributed by atoms with Crippen molar-refractivity contribution in [1.29, 1.82) is 0 Å². The van der Waals surface area contributed by atoms with Crippen LogP contribution in [0.2, 0.25) is 0 Å². The summed E-state index contributed by atoms with van der Waals surface area (Å²) >= 11 is 0. The van der Waals surface area contributed by atoms with Crippen LogP contribution in [-0.4, -0.2) is 35.1 Å². The van der Waals surface area contributed by atoms with Gasteiger partial charge < -0.3 is 14.7 Å². The highest BCUT2D eigenvalue weighted by Crippen LogP contribution is 2.27. The normalized spacial score (nSPS) is 13.7. The predicted octanol–water partition coefficient (Wildman–Crippen LogP) is 2.77. The number of likely N-dealkylation sites (N-methyl/N-ethyl adjacent to an activating group) is 1. The van der Waals surface area contributed by atoms with Crippen LogP contribution >= 0.6 is 0 Å². The van der Waals surface area contributed by atoms with Gasteiger partial charge in [0.2, 0.25) is 0 Å². The Bertz CT molecular complexity index is 429. The molecule has 1 rings (SSSR count). The number of amides is 1.